The van der Waals surface area contributed by atoms with E-state index in [1.807, 2.05) is 0 Å². The number of nitrogens with two attached hydrogens (primary N) is 1. The van der Waals surface area contributed by atoms with Crippen LogP contribution in [-0.2, 0) is 0 Å². The summed E-state index contributed by atoms with van der Waals surface area (Å²) in [7, 11) is 0. The average molecular weight is 209 g/mol. The highest BCUT2D eigenvalue weighted by Gasteiger charge is 2.38. The summed E-state index contributed by atoms with van der Waals surface area (Å²) < 4.78 is 0. The van der Waals surface area contributed by atoms with Gasteiger partial charge >= 0.3 is 0 Å². The standard InChI is InChI=1S/C12H19NS/c1-2-12(6-3-4-7-12)11(13)10-5-8-14-9-10/h5,8-9,11H,2-4,6-7,13H2,1H3. The van der Waals surface area contributed by atoms with Gasteiger partial charge in [-0.1, -0.05) is 19.8 Å². The van der Waals surface area contributed by atoms with Crippen molar-refractivity contribution in [3.05, 3.63) is 22.4 Å². The van der Waals surface area contributed by atoms with E-state index in [2.05, 4.69) is 23.8 Å². The van der Waals surface area contributed by atoms with Gasteiger partial charge in [-0.05, 0) is 47.1 Å². The summed E-state index contributed by atoms with van der Waals surface area (Å²) in [6.45, 7) is 2.29. The highest BCUT2D eigenvalue weighted by Crippen LogP contribution is 2.49. The quantitative estimate of drug-likeness (QED) is 0.806. The molecule has 0 amide bonds. The van der Waals surface area contributed by atoms with E-state index in [0.29, 0.717) is 5.41 Å². The molecule has 1 heterocycles. The van der Waals surface area contributed by atoms with E-state index in [4.69, 9.17) is 5.73 Å². The first-order chi connectivity index (χ1) is 6.78. The van der Waals surface area contributed by atoms with Gasteiger partial charge in [-0.15, -0.1) is 0 Å². The Hall–Kier alpha value is -0.340. The lowest BCUT2D eigenvalue weighted by molar-refractivity contribution is 0.222. The lowest BCUT2D eigenvalue weighted by atomic mass is 9.74. The van der Waals surface area contributed by atoms with Crippen LogP contribution in [-0.4, -0.2) is 0 Å². The van der Waals surface area contributed by atoms with E-state index >= 15 is 0 Å². The van der Waals surface area contributed by atoms with Crippen molar-refractivity contribution in [1.29, 1.82) is 0 Å². The van der Waals surface area contributed by atoms with E-state index < -0.39 is 0 Å². The second kappa shape index (κ2) is 4.03. The lowest BCUT2D eigenvalue weighted by Gasteiger charge is -2.34. The zero-order valence-corrected chi connectivity index (χ0v) is 9.65. The van der Waals surface area contributed by atoms with Gasteiger partial charge < -0.3 is 5.73 Å². The van der Waals surface area contributed by atoms with Gasteiger partial charge in [0.1, 0.15) is 0 Å². The molecule has 0 bridgehead atoms. The molecule has 0 radical (unpaired) electrons. The van der Waals surface area contributed by atoms with Crippen LogP contribution in [0.3, 0.4) is 0 Å². The first-order valence-electron chi connectivity index (χ1n) is 5.56. The van der Waals surface area contributed by atoms with E-state index in [0.717, 1.165) is 0 Å². The number of thiophene rings is 1. The molecule has 2 heteroatoms. The predicted molar refractivity (Wildman–Crippen MR) is 62.4 cm³/mol. The van der Waals surface area contributed by atoms with Gasteiger partial charge in [0.15, 0.2) is 0 Å². The Labute approximate surface area is 90.3 Å². The molecule has 0 saturated heterocycles. The van der Waals surface area contributed by atoms with Crippen molar-refractivity contribution < 1.29 is 0 Å². The number of hydrogen-bond donors (Lipinski definition) is 1. The Morgan fingerprint density at radius 1 is 1.50 bits per heavy atom. The molecule has 1 aliphatic rings. The summed E-state index contributed by atoms with van der Waals surface area (Å²) in [6, 6.07) is 2.45. The molecule has 14 heavy (non-hydrogen) atoms. The van der Waals surface area contributed by atoms with Crippen LogP contribution in [0.2, 0.25) is 0 Å². The van der Waals surface area contributed by atoms with E-state index in [1.54, 1.807) is 11.3 Å². The molecular formula is C12H19NS. The molecule has 1 aliphatic carbocycles. The maximum Gasteiger partial charge on any atom is 0.0360 e. The fourth-order valence-electron chi connectivity index (χ4n) is 2.77. The first-order valence-corrected chi connectivity index (χ1v) is 6.50. The van der Waals surface area contributed by atoms with Gasteiger partial charge in [0, 0.05) is 6.04 Å². The van der Waals surface area contributed by atoms with Crippen LogP contribution in [0.25, 0.3) is 0 Å². The van der Waals surface area contributed by atoms with Crippen LogP contribution in [0.15, 0.2) is 16.8 Å². The summed E-state index contributed by atoms with van der Waals surface area (Å²) >= 11 is 1.76. The summed E-state index contributed by atoms with van der Waals surface area (Å²) in [4.78, 5) is 0. The molecule has 0 spiro atoms. The van der Waals surface area contributed by atoms with E-state index in [9.17, 15) is 0 Å². The van der Waals surface area contributed by atoms with Crippen molar-refractivity contribution in [2.45, 2.75) is 45.1 Å². The third kappa shape index (κ3) is 1.61. The van der Waals surface area contributed by atoms with Crippen LogP contribution < -0.4 is 5.73 Å². The minimum atomic E-state index is 0.265. The molecule has 1 aromatic rings. The van der Waals surface area contributed by atoms with Crippen LogP contribution in [0.4, 0.5) is 0 Å². The van der Waals surface area contributed by atoms with Crippen LogP contribution in [0.5, 0.6) is 0 Å². The zero-order chi connectivity index (χ0) is 10.0. The summed E-state index contributed by atoms with van der Waals surface area (Å²) in [5.41, 5.74) is 8.15. The van der Waals surface area contributed by atoms with Crippen molar-refractivity contribution in [2.75, 3.05) is 0 Å². The van der Waals surface area contributed by atoms with Crippen molar-refractivity contribution in [2.24, 2.45) is 11.1 Å². The van der Waals surface area contributed by atoms with Gasteiger partial charge in [-0.2, -0.15) is 11.3 Å². The molecule has 78 valence electrons. The second-order valence-electron chi connectivity index (χ2n) is 4.46. The fourth-order valence-corrected chi connectivity index (χ4v) is 3.47. The number of hydrogen-bond acceptors (Lipinski definition) is 2. The Morgan fingerprint density at radius 3 is 2.71 bits per heavy atom. The SMILES string of the molecule is CCC1(C(N)c2ccsc2)CCCC1. The van der Waals surface area contributed by atoms with Gasteiger partial charge in [-0.3, -0.25) is 0 Å². The van der Waals surface area contributed by atoms with Crippen LogP contribution in [0.1, 0.15) is 50.6 Å². The fraction of sp³-hybridized carbons (Fsp3) is 0.667. The van der Waals surface area contributed by atoms with Crippen molar-refractivity contribution >= 4 is 11.3 Å². The van der Waals surface area contributed by atoms with Crippen molar-refractivity contribution in [1.82, 2.24) is 0 Å². The molecule has 2 N–H and O–H groups in total. The van der Waals surface area contributed by atoms with Gasteiger partial charge in [-0.25, -0.2) is 0 Å². The van der Waals surface area contributed by atoms with Crippen molar-refractivity contribution in [3.8, 4) is 0 Å². The summed E-state index contributed by atoms with van der Waals surface area (Å²) in [5, 5.41) is 4.34. The van der Waals surface area contributed by atoms with E-state index in [1.165, 1.54) is 37.7 Å². The smallest absolute Gasteiger partial charge is 0.0360 e. The zero-order valence-electron chi connectivity index (χ0n) is 8.83. The molecule has 2 rings (SSSR count). The molecule has 0 aromatic carbocycles. The largest absolute Gasteiger partial charge is 0.323 e. The normalized spacial score (nSPS) is 22.4. The highest BCUT2D eigenvalue weighted by molar-refractivity contribution is 7.07. The molecule has 1 unspecified atom stereocenters. The molecule has 1 saturated carbocycles. The highest BCUT2D eigenvalue weighted by atomic mass is 32.1. The molecule has 0 aliphatic heterocycles. The minimum absolute atomic E-state index is 0.265. The Bertz CT molecular complexity index is 273. The molecular weight excluding hydrogens is 190 g/mol. The van der Waals surface area contributed by atoms with Crippen LogP contribution in [0, 0.1) is 5.41 Å². The van der Waals surface area contributed by atoms with Crippen molar-refractivity contribution in [3.63, 3.8) is 0 Å². The summed E-state index contributed by atoms with van der Waals surface area (Å²) in [5.74, 6) is 0. The Kier molecular flexibility index (Phi) is 2.93. The molecule has 1 aromatic heterocycles. The lowest BCUT2D eigenvalue weighted by Crippen LogP contribution is -2.31. The molecule has 1 fully saturated rings. The topological polar surface area (TPSA) is 26.0 Å². The summed E-state index contributed by atoms with van der Waals surface area (Å²) in [6.07, 6.45) is 6.60. The minimum Gasteiger partial charge on any atom is -0.323 e. The average Bonchev–Trinajstić information content (AvgIpc) is 2.89. The van der Waals surface area contributed by atoms with Gasteiger partial charge in [0.05, 0.1) is 0 Å². The third-order valence-electron chi connectivity index (χ3n) is 3.87. The Morgan fingerprint density at radius 2 is 2.21 bits per heavy atom. The monoisotopic (exact) mass is 209 g/mol. The molecule has 1 nitrogen and oxygen atoms in total. The van der Waals surface area contributed by atoms with E-state index in [-0.39, 0.29) is 6.04 Å². The maximum absolute atomic E-state index is 6.40. The number of rotatable bonds is 3. The molecule has 1 atom stereocenters. The van der Waals surface area contributed by atoms with Gasteiger partial charge in [0.2, 0.25) is 0 Å². The van der Waals surface area contributed by atoms with Gasteiger partial charge in [0.25, 0.3) is 0 Å². The second-order valence-corrected chi connectivity index (χ2v) is 5.24. The first kappa shape index (κ1) is 10.2. The Balaban J connectivity index is 2.19. The third-order valence-corrected chi connectivity index (χ3v) is 4.57. The predicted octanol–water partition coefficient (Wildman–Crippen LogP) is 3.72. The maximum atomic E-state index is 6.40. The van der Waals surface area contributed by atoms with Crippen LogP contribution >= 0.6 is 11.3 Å².